The molecular weight excluding hydrogens is 356 g/mol. The van der Waals surface area contributed by atoms with Crippen LogP contribution in [0.4, 0.5) is 5.69 Å². The second-order valence-corrected chi connectivity index (χ2v) is 8.83. The normalized spacial score (nSPS) is 21.7. The molecular formula is C25H32N4. The Kier molecular flexibility index (Phi) is 5.04. The number of piperidine rings is 2. The van der Waals surface area contributed by atoms with Crippen LogP contribution < -0.4 is 4.90 Å². The molecule has 2 aromatic carbocycles. The first kappa shape index (κ1) is 18.7. The van der Waals surface area contributed by atoms with Crippen LogP contribution in [-0.4, -0.2) is 46.2 Å². The minimum absolute atomic E-state index is 0.765. The van der Waals surface area contributed by atoms with Crippen LogP contribution in [0.15, 0.2) is 48.5 Å². The van der Waals surface area contributed by atoms with Crippen LogP contribution in [-0.2, 0) is 7.05 Å². The molecule has 5 rings (SSSR count). The number of para-hydroxylation sites is 2. The highest BCUT2D eigenvalue weighted by atomic mass is 15.2. The zero-order valence-corrected chi connectivity index (χ0v) is 17.7. The predicted molar refractivity (Wildman–Crippen MR) is 121 cm³/mol. The maximum atomic E-state index is 4.89. The molecule has 0 saturated carbocycles. The van der Waals surface area contributed by atoms with Gasteiger partial charge in [-0.2, -0.15) is 0 Å². The number of nitrogens with zero attached hydrogens (tertiary/aromatic N) is 4. The molecule has 0 N–H and O–H groups in total. The van der Waals surface area contributed by atoms with Gasteiger partial charge in [0.15, 0.2) is 0 Å². The first-order valence-electron chi connectivity index (χ1n) is 11.2. The average Bonchev–Trinajstić information content (AvgIpc) is 3.11. The summed E-state index contributed by atoms with van der Waals surface area (Å²) < 4.78 is 2.21. The van der Waals surface area contributed by atoms with Gasteiger partial charge in [-0.25, -0.2) is 4.98 Å². The molecule has 4 heteroatoms. The third kappa shape index (κ3) is 3.55. The van der Waals surface area contributed by atoms with E-state index in [1.54, 1.807) is 0 Å². The third-order valence-corrected chi connectivity index (χ3v) is 7.04. The van der Waals surface area contributed by atoms with Gasteiger partial charge in [0.25, 0.3) is 0 Å². The summed E-state index contributed by atoms with van der Waals surface area (Å²) >= 11 is 0. The van der Waals surface area contributed by atoms with Crippen molar-refractivity contribution in [1.29, 1.82) is 0 Å². The largest absolute Gasteiger partial charge is 0.371 e. The molecule has 2 saturated heterocycles. The number of hydrogen-bond acceptors (Lipinski definition) is 3. The molecule has 3 heterocycles. The lowest BCUT2D eigenvalue weighted by molar-refractivity contribution is 0.0897. The summed E-state index contributed by atoms with van der Waals surface area (Å²) in [5.74, 6) is 1.05. The van der Waals surface area contributed by atoms with E-state index in [0.29, 0.717) is 0 Å². The number of aromatic nitrogens is 2. The molecule has 0 spiro atoms. The van der Waals surface area contributed by atoms with E-state index in [1.807, 2.05) is 0 Å². The van der Waals surface area contributed by atoms with Gasteiger partial charge in [0, 0.05) is 43.5 Å². The molecule has 3 aromatic rings. The van der Waals surface area contributed by atoms with Gasteiger partial charge in [-0.05, 0) is 63.4 Å². The van der Waals surface area contributed by atoms with Crippen molar-refractivity contribution in [2.45, 2.75) is 51.1 Å². The Morgan fingerprint density at radius 1 is 0.897 bits per heavy atom. The molecule has 1 atom stereocenters. The van der Waals surface area contributed by atoms with E-state index in [1.165, 1.54) is 55.4 Å². The lowest BCUT2D eigenvalue weighted by atomic mass is 9.95. The van der Waals surface area contributed by atoms with Gasteiger partial charge in [-0.15, -0.1) is 0 Å². The van der Waals surface area contributed by atoms with Gasteiger partial charge in [0.05, 0.1) is 11.0 Å². The van der Waals surface area contributed by atoms with Crippen molar-refractivity contribution in [2.75, 3.05) is 24.5 Å². The first-order chi connectivity index (χ1) is 14.2. The second-order valence-electron chi connectivity index (χ2n) is 8.83. The lowest BCUT2D eigenvalue weighted by Crippen LogP contribution is -2.50. The number of fused-ring (bicyclic) bond motifs is 1. The Labute approximate surface area is 174 Å². The van der Waals surface area contributed by atoms with E-state index >= 15 is 0 Å². The summed E-state index contributed by atoms with van der Waals surface area (Å²) in [5.41, 5.74) is 4.78. The zero-order chi connectivity index (χ0) is 19.8. The quantitative estimate of drug-likeness (QED) is 0.625. The highest BCUT2D eigenvalue weighted by Gasteiger charge is 2.29. The van der Waals surface area contributed by atoms with Crippen LogP contribution in [0.2, 0.25) is 0 Å². The predicted octanol–water partition coefficient (Wildman–Crippen LogP) is 5.08. The fourth-order valence-corrected chi connectivity index (χ4v) is 5.36. The fraction of sp³-hybridized carbons (Fsp3) is 0.480. The monoisotopic (exact) mass is 388 g/mol. The molecule has 0 aliphatic carbocycles. The van der Waals surface area contributed by atoms with Gasteiger partial charge >= 0.3 is 0 Å². The molecule has 0 amide bonds. The zero-order valence-electron chi connectivity index (χ0n) is 17.7. The van der Waals surface area contributed by atoms with Gasteiger partial charge in [-0.1, -0.05) is 30.7 Å². The van der Waals surface area contributed by atoms with Crippen molar-refractivity contribution < 1.29 is 0 Å². The Balaban J connectivity index is 1.33. The average molecular weight is 389 g/mol. The maximum absolute atomic E-state index is 4.89. The van der Waals surface area contributed by atoms with Crippen molar-refractivity contribution in [3.05, 3.63) is 48.5 Å². The summed E-state index contributed by atoms with van der Waals surface area (Å²) in [7, 11) is 2.11. The number of likely N-dealkylation sites (tertiary alicyclic amines) is 1. The van der Waals surface area contributed by atoms with Crippen LogP contribution >= 0.6 is 0 Å². The van der Waals surface area contributed by atoms with Crippen molar-refractivity contribution in [1.82, 2.24) is 14.5 Å². The smallest absolute Gasteiger partial charge is 0.140 e. The van der Waals surface area contributed by atoms with E-state index in [2.05, 4.69) is 76.9 Å². The molecule has 2 aliphatic rings. The summed E-state index contributed by atoms with van der Waals surface area (Å²) in [6, 6.07) is 18.9. The first-order valence-corrected chi connectivity index (χ1v) is 11.2. The van der Waals surface area contributed by atoms with Crippen LogP contribution in [0.1, 0.15) is 39.0 Å². The highest BCUT2D eigenvalue weighted by molar-refractivity contribution is 5.81. The second kappa shape index (κ2) is 7.83. The van der Waals surface area contributed by atoms with Crippen LogP contribution in [0, 0.1) is 0 Å². The van der Waals surface area contributed by atoms with Crippen molar-refractivity contribution in [3.63, 3.8) is 0 Å². The van der Waals surface area contributed by atoms with Crippen molar-refractivity contribution in [3.8, 4) is 11.4 Å². The van der Waals surface area contributed by atoms with E-state index in [4.69, 9.17) is 4.98 Å². The molecule has 4 nitrogen and oxygen atoms in total. The third-order valence-electron chi connectivity index (χ3n) is 7.04. The SMILES string of the molecule is CC1CCCCN1C1CCN(c2cccc(-c3nc4ccccc4n3C)c2)CC1. The van der Waals surface area contributed by atoms with E-state index in [-0.39, 0.29) is 0 Å². The van der Waals surface area contributed by atoms with Crippen molar-refractivity contribution >= 4 is 16.7 Å². The number of anilines is 1. The minimum Gasteiger partial charge on any atom is -0.371 e. The van der Waals surface area contributed by atoms with Gasteiger partial charge in [0.2, 0.25) is 0 Å². The van der Waals surface area contributed by atoms with Gasteiger partial charge < -0.3 is 9.47 Å². The maximum Gasteiger partial charge on any atom is 0.140 e. The van der Waals surface area contributed by atoms with Crippen LogP contribution in [0.25, 0.3) is 22.4 Å². The molecule has 1 aromatic heterocycles. The number of hydrogen-bond donors (Lipinski definition) is 0. The summed E-state index contributed by atoms with van der Waals surface area (Å²) in [5, 5.41) is 0. The topological polar surface area (TPSA) is 24.3 Å². The molecule has 152 valence electrons. The standard InChI is InChI=1S/C25H32N4/c1-19-8-5-6-15-29(19)21-13-16-28(17-14-21)22-10-7-9-20(18-22)25-26-23-11-3-4-12-24(23)27(25)2/h3-4,7,9-12,18-19,21H,5-6,8,13-17H2,1-2H3. The Morgan fingerprint density at radius 2 is 1.72 bits per heavy atom. The van der Waals surface area contributed by atoms with E-state index in [0.717, 1.165) is 36.5 Å². The Hall–Kier alpha value is -2.33. The van der Waals surface area contributed by atoms with Gasteiger partial charge in [0.1, 0.15) is 5.82 Å². The Morgan fingerprint density at radius 3 is 2.52 bits per heavy atom. The Bertz CT molecular complexity index is 983. The van der Waals surface area contributed by atoms with Crippen LogP contribution in [0.5, 0.6) is 0 Å². The summed E-state index contributed by atoms with van der Waals surface area (Å²) in [6.07, 6.45) is 6.72. The summed E-state index contributed by atoms with van der Waals surface area (Å²) in [4.78, 5) is 10.2. The molecule has 1 unspecified atom stereocenters. The molecule has 0 radical (unpaired) electrons. The minimum atomic E-state index is 0.765. The van der Waals surface area contributed by atoms with Crippen LogP contribution in [0.3, 0.4) is 0 Å². The highest BCUT2D eigenvalue weighted by Crippen LogP contribution is 2.30. The van der Waals surface area contributed by atoms with Crippen molar-refractivity contribution in [2.24, 2.45) is 7.05 Å². The van der Waals surface area contributed by atoms with E-state index in [9.17, 15) is 0 Å². The van der Waals surface area contributed by atoms with E-state index < -0.39 is 0 Å². The summed E-state index contributed by atoms with van der Waals surface area (Å²) in [6.45, 7) is 6.03. The lowest BCUT2D eigenvalue weighted by Gasteiger charge is -2.44. The van der Waals surface area contributed by atoms with Gasteiger partial charge in [-0.3, -0.25) is 4.90 Å². The fourth-order valence-electron chi connectivity index (χ4n) is 5.36. The number of benzene rings is 2. The number of rotatable bonds is 3. The molecule has 29 heavy (non-hydrogen) atoms. The molecule has 2 fully saturated rings. The molecule has 0 bridgehead atoms. The molecule has 2 aliphatic heterocycles. The number of imidazole rings is 1. The number of aryl methyl sites for hydroxylation is 1.